The zero-order valence-corrected chi connectivity index (χ0v) is 11.4. The smallest absolute Gasteiger partial charge is 0.256 e. The number of hydrogen-bond acceptors (Lipinski definition) is 2. The van der Waals surface area contributed by atoms with E-state index in [4.69, 9.17) is 16.0 Å². The lowest BCUT2D eigenvalue weighted by Crippen LogP contribution is -2.22. The Bertz CT molecular complexity index is 585. The van der Waals surface area contributed by atoms with E-state index in [1.807, 2.05) is 0 Å². The highest BCUT2D eigenvalue weighted by atomic mass is 79.9. The van der Waals surface area contributed by atoms with Gasteiger partial charge in [0, 0.05) is 11.0 Å². The molecule has 0 spiro atoms. The van der Waals surface area contributed by atoms with Crippen molar-refractivity contribution in [1.82, 2.24) is 5.32 Å². The molecule has 1 heterocycles. The highest BCUT2D eigenvalue weighted by Gasteiger charge is 2.13. The fourth-order valence-electron chi connectivity index (χ4n) is 1.41. The molecule has 1 N–H and O–H groups in total. The van der Waals surface area contributed by atoms with Gasteiger partial charge in [-0.05, 0) is 41.4 Å². The predicted molar refractivity (Wildman–Crippen MR) is 69.0 cm³/mol. The second kappa shape index (κ2) is 5.54. The lowest BCUT2D eigenvalue weighted by atomic mass is 10.2. The van der Waals surface area contributed by atoms with E-state index >= 15 is 0 Å². The van der Waals surface area contributed by atoms with Crippen LogP contribution in [-0.2, 0) is 6.54 Å². The third kappa shape index (κ3) is 2.91. The second-order valence-electron chi connectivity index (χ2n) is 3.53. The topological polar surface area (TPSA) is 42.2 Å². The van der Waals surface area contributed by atoms with Crippen molar-refractivity contribution in [3.8, 4) is 0 Å². The van der Waals surface area contributed by atoms with Crippen molar-refractivity contribution in [1.29, 1.82) is 0 Å². The van der Waals surface area contributed by atoms with Gasteiger partial charge < -0.3 is 9.73 Å². The van der Waals surface area contributed by atoms with Crippen LogP contribution in [0.1, 0.15) is 15.9 Å². The summed E-state index contributed by atoms with van der Waals surface area (Å²) < 4.78 is 18.6. The maximum absolute atomic E-state index is 13.0. The van der Waals surface area contributed by atoms with Crippen LogP contribution in [0.5, 0.6) is 0 Å². The molecule has 0 radical (unpaired) electrons. The number of carbonyl (C=O) groups is 1. The summed E-state index contributed by atoms with van der Waals surface area (Å²) in [7, 11) is 0. The zero-order valence-electron chi connectivity index (χ0n) is 9.04. The van der Waals surface area contributed by atoms with Gasteiger partial charge in [0.1, 0.15) is 5.82 Å². The molecular formula is C12H8BrClFNO2. The van der Waals surface area contributed by atoms with Crippen molar-refractivity contribution in [2.24, 2.45) is 0 Å². The minimum absolute atomic E-state index is 0.0332. The molecular weight excluding hydrogens is 324 g/mol. The van der Waals surface area contributed by atoms with Crippen LogP contribution >= 0.6 is 27.5 Å². The van der Waals surface area contributed by atoms with Gasteiger partial charge in [-0.15, -0.1) is 0 Å². The average Bonchev–Trinajstić information content (AvgIpc) is 2.76. The van der Waals surface area contributed by atoms with Gasteiger partial charge >= 0.3 is 0 Å². The molecule has 0 aliphatic carbocycles. The minimum Gasteiger partial charge on any atom is -0.452 e. The molecule has 18 heavy (non-hydrogen) atoms. The van der Waals surface area contributed by atoms with E-state index in [2.05, 4.69) is 21.2 Å². The monoisotopic (exact) mass is 331 g/mol. The van der Waals surface area contributed by atoms with Crippen LogP contribution in [0.15, 0.2) is 39.4 Å². The number of carbonyl (C=O) groups excluding carboxylic acids is 1. The number of hydrogen-bond donors (Lipinski definition) is 1. The van der Waals surface area contributed by atoms with E-state index in [0.29, 0.717) is 5.56 Å². The summed E-state index contributed by atoms with van der Waals surface area (Å²) in [6.45, 7) is 0.193. The Hall–Kier alpha value is -1.33. The number of rotatable bonds is 3. The van der Waals surface area contributed by atoms with E-state index < -0.39 is 0 Å². The highest BCUT2D eigenvalue weighted by Crippen LogP contribution is 2.19. The highest BCUT2D eigenvalue weighted by molar-refractivity contribution is 9.10. The second-order valence-corrected chi connectivity index (χ2v) is 4.72. The third-order valence-corrected chi connectivity index (χ3v) is 3.38. The van der Waals surface area contributed by atoms with Gasteiger partial charge in [0.2, 0.25) is 5.22 Å². The summed E-state index contributed by atoms with van der Waals surface area (Å²) in [5, 5.41) is 2.66. The Morgan fingerprint density at radius 2 is 2.22 bits per heavy atom. The van der Waals surface area contributed by atoms with Crippen LogP contribution in [0.25, 0.3) is 0 Å². The molecule has 2 rings (SSSR count). The van der Waals surface area contributed by atoms with Crippen molar-refractivity contribution in [2.45, 2.75) is 6.54 Å². The van der Waals surface area contributed by atoms with Gasteiger partial charge in [-0.1, -0.05) is 15.9 Å². The van der Waals surface area contributed by atoms with Crippen LogP contribution in [-0.4, -0.2) is 5.91 Å². The predicted octanol–water partition coefficient (Wildman–Crippen LogP) is 3.76. The zero-order chi connectivity index (χ0) is 13.1. The molecule has 1 amide bonds. The fraction of sp³-hybridized carbons (Fsp3) is 0.0833. The van der Waals surface area contributed by atoms with Gasteiger partial charge in [-0.2, -0.15) is 0 Å². The molecule has 6 heteroatoms. The fourth-order valence-corrected chi connectivity index (χ4v) is 1.99. The Morgan fingerprint density at radius 3 is 2.89 bits per heavy atom. The Labute approximate surface area is 116 Å². The van der Waals surface area contributed by atoms with Gasteiger partial charge in [-0.3, -0.25) is 4.79 Å². The first-order chi connectivity index (χ1) is 8.58. The molecule has 1 aromatic carbocycles. The first-order valence-corrected chi connectivity index (χ1v) is 6.20. The van der Waals surface area contributed by atoms with Crippen molar-refractivity contribution < 1.29 is 13.6 Å². The number of benzene rings is 1. The summed E-state index contributed by atoms with van der Waals surface area (Å²) in [4.78, 5) is 11.7. The normalized spacial score (nSPS) is 10.4. The maximum Gasteiger partial charge on any atom is 0.256 e. The largest absolute Gasteiger partial charge is 0.452 e. The Kier molecular flexibility index (Phi) is 4.04. The lowest BCUT2D eigenvalue weighted by Gasteiger charge is -2.06. The first kappa shape index (κ1) is 13.1. The van der Waals surface area contributed by atoms with E-state index in [9.17, 15) is 9.18 Å². The number of nitrogens with one attached hydrogen (secondary N) is 1. The molecule has 0 aliphatic heterocycles. The summed E-state index contributed by atoms with van der Waals surface area (Å²) in [5.74, 6) is -0.728. The molecule has 3 nitrogen and oxygen atoms in total. The molecule has 0 unspecified atom stereocenters. The summed E-state index contributed by atoms with van der Waals surface area (Å²) in [6, 6.07) is 5.74. The third-order valence-electron chi connectivity index (χ3n) is 2.31. The first-order valence-electron chi connectivity index (χ1n) is 5.03. The van der Waals surface area contributed by atoms with Crippen molar-refractivity contribution >= 4 is 33.4 Å². The van der Waals surface area contributed by atoms with Crippen molar-refractivity contribution in [2.75, 3.05) is 0 Å². The quantitative estimate of drug-likeness (QED) is 0.930. The van der Waals surface area contributed by atoms with E-state index in [1.54, 1.807) is 6.07 Å². The number of halogens is 3. The van der Waals surface area contributed by atoms with Crippen molar-refractivity contribution in [3.05, 3.63) is 57.2 Å². The van der Waals surface area contributed by atoms with Crippen LogP contribution in [0, 0.1) is 5.82 Å². The molecule has 0 atom stereocenters. The van der Waals surface area contributed by atoms with Gasteiger partial charge in [0.25, 0.3) is 5.91 Å². The summed E-state index contributed by atoms with van der Waals surface area (Å²) in [6.07, 6.45) is 1.33. The molecule has 0 fully saturated rings. The van der Waals surface area contributed by atoms with E-state index in [1.165, 1.54) is 24.5 Å². The van der Waals surface area contributed by atoms with Crippen molar-refractivity contribution in [3.63, 3.8) is 0 Å². The van der Waals surface area contributed by atoms with E-state index in [0.717, 1.165) is 4.47 Å². The van der Waals surface area contributed by atoms with Gasteiger partial charge in [0.15, 0.2) is 0 Å². The summed E-state index contributed by atoms with van der Waals surface area (Å²) in [5.41, 5.74) is 0.896. The van der Waals surface area contributed by atoms with Gasteiger partial charge in [0.05, 0.1) is 11.8 Å². The molecule has 0 saturated heterocycles. The molecule has 0 bridgehead atoms. The van der Waals surface area contributed by atoms with Crippen LogP contribution in [0.4, 0.5) is 4.39 Å². The van der Waals surface area contributed by atoms with Crippen LogP contribution in [0.3, 0.4) is 0 Å². The maximum atomic E-state index is 13.0. The SMILES string of the molecule is O=C(NCc1cc(F)ccc1Br)c1ccoc1Cl. The molecule has 0 aliphatic rings. The standard InChI is InChI=1S/C12H8BrClFNO2/c13-10-2-1-8(15)5-7(10)6-16-12(17)9-3-4-18-11(9)14/h1-5H,6H2,(H,16,17). The average molecular weight is 333 g/mol. The molecule has 1 aromatic heterocycles. The molecule has 0 saturated carbocycles. The van der Waals surface area contributed by atoms with Crippen LogP contribution < -0.4 is 5.32 Å². The summed E-state index contributed by atoms with van der Waals surface area (Å²) >= 11 is 8.96. The number of furan rings is 1. The van der Waals surface area contributed by atoms with Crippen LogP contribution in [0.2, 0.25) is 5.22 Å². The molecule has 2 aromatic rings. The molecule has 94 valence electrons. The lowest BCUT2D eigenvalue weighted by molar-refractivity contribution is 0.0950. The number of amides is 1. The minimum atomic E-state index is -0.370. The Morgan fingerprint density at radius 1 is 1.44 bits per heavy atom. The van der Waals surface area contributed by atoms with Gasteiger partial charge in [-0.25, -0.2) is 4.39 Å². The van der Waals surface area contributed by atoms with E-state index in [-0.39, 0.29) is 29.1 Å². The Balaban J connectivity index is 2.06.